The van der Waals surface area contributed by atoms with Crippen molar-refractivity contribution in [3.8, 4) is 5.69 Å². The minimum absolute atomic E-state index is 0.277. The number of carboxylic acids is 1. The summed E-state index contributed by atoms with van der Waals surface area (Å²) >= 11 is 6.74. The van der Waals surface area contributed by atoms with Crippen LogP contribution in [0.3, 0.4) is 0 Å². The Balaban J connectivity index is 2.09. The third kappa shape index (κ3) is 2.08. The number of aliphatic carboxylic acids is 1. The van der Waals surface area contributed by atoms with E-state index in [1.807, 2.05) is 18.2 Å². The summed E-state index contributed by atoms with van der Waals surface area (Å²) in [5, 5.41) is 11.8. The highest BCUT2D eigenvalue weighted by molar-refractivity contribution is 7.71. The van der Waals surface area contributed by atoms with Crippen molar-refractivity contribution in [2.24, 2.45) is 0 Å². The normalized spacial score (nSPS) is 16.6. The molecule has 1 atom stereocenters. The fraction of sp³-hybridized carbons (Fsp3) is 0.188. The SMILES string of the molecule is O=C([O-])[C@@H]1CCc2sc3[nH]c(=S)n(-c4ccccc4)c(=O)c3c21. The zero-order valence-corrected chi connectivity index (χ0v) is 13.5. The van der Waals surface area contributed by atoms with E-state index in [-0.39, 0.29) is 5.56 Å². The number of nitrogens with one attached hydrogen (secondary N) is 1. The molecule has 23 heavy (non-hydrogen) atoms. The van der Waals surface area contributed by atoms with Crippen LogP contribution >= 0.6 is 23.6 Å². The van der Waals surface area contributed by atoms with Gasteiger partial charge in [-0.25, -0.2) is 0 Å². The van der Waals surface area contributed by atoms with Gasteiger partial charge in [0.2, 0.25) is 0 Å². The number of benzene rings is 1. The standard InChI is InChI=1S/C16H12N2O3S2/c19-14-12-11-9(15(20)21)6-7-10(11)23-13(12)17-16(22)18(14)8-4-2-1-3-5-8/h1-5,9H,6-7H2,(H,17,22)(H,20,21)/p-1/t9-/m1/s1. The summed E-state index contributed by atoms with van der Waals surface area (Å²) in [6.07, 6.45) is 1.14. The largest absolute Gasteiger partial charge is 0.549 e. The summed E-state index contributed by atoms with van der Waals surface area (Å²) in [4.78, 5) is 29.0. The number of hydrogen-bond donors (Lipinski definition) is 1. The number of hydrogen-bond acceptors (Lipinski definition) is 5. The molecule has 3 aromatic rings. The molecule has 4 rings (SSSR count). The third-order valence-electron chi connectivity index (χ3n) is 4.17. The van der Waals surface area contributed by atoms with Gasteiger partial charge in [0.05, 0.1) is 11.1 Å². The van der Waals surface area contributed by atoms with E-state index in [9.17, 15) is 14.7 Å². The van der Waals surface area contributed by atoms with Crippen molar-refractivity contribution >= 4 is 39.7 Å². The molecule has 1 aliphatic rings. The maximum Gasteiger partial charge on any atom is 0.267 e. The second-order valence-electron chi connectivity index (χ2n) is 5.46. The van der Waals surface area contributed by atoms with Gasteiger partial charge in [-0.2, -0.15) is 0 Å². The molecule has 0 saturated heterocycles. The molecule has 0 radical (unpaired) electrons. The molecule has 116 valence electrons. The second kappa shape index (κ2) is 5.14. The summed E-state index contributed by atoms with van der Waals surface area (Å²) in [5.41, 5.74) is 0.982. The first-order chi connectivity index (χ1) is 11.1. The van der Waals surface area contributed by atoms with Gasteiger partial charge < -0.3 is 14.9 Å². The summed E-state index contributed by atoms with van der Waals surface area (Å²) in [6, 6.07) is 9.08. The van der Waals surface area contributed by atoms with Crippen LogP contribution in [-0.4, -0.2) is 15.5 Å². The Morgan fingerprint density at radius 2 is 2.09 bits per heavy atom. The molecule has 2 heterocycles. The minimum Gasteiger partial charge on any atom is -0.549 e. The van der Waals surface area contributed by atoms with E-state index in [4.69, 9.17) is 12.2 Å². The van der Waals surface area contributed by atoms with E-state index < -0.39 is 11.9 Å². The molecule has 7 heteroatoms. The highest BCUT2D eigenvalue weighted by Crippen LogP contribution is 2.41. The number of carboxylic acid groups (broad SMARTS) is 1. The first-order valence-electron chi connectivity index (χ1n) is 7.15. The fourth-order valence-corrected chi connectivity index (χ4v) is 4.79. The Labute approximate surface area is 139 Å². The highest BCUT2D eigenvalue weighted by atomic mass is 32.1. The van der Waals surface area contributed by atoms with Crippen LogP contribution in [0.2, 0.25) is 0 Å². The van der Waals surface area contributed by atoms with Crippen LogP contribution < -0.4 is 10.7 Å². The van der Waals surface area contributed by atoms with E-state index in [0.717, 1.165) is 4.88 Å². The van der Waals surface area contributed by atoms with Gasteiger partial charge in [0.15, 0.2) is 4.77 Å². The molecule has 2 aromatic heterocycles. The lowest BCUT2D eigenvalue weighted by Crippen LogP contribution is -2.29. The average molecular weight is 343 g/mol. The van der Waals surface area contributed by atoms with Gasteiger partial charge >= 0.3 is 0 Å². The van der Waals surface area contributed by atoms with Crippen LogP contribution in [-0.2, 0) is 11.2 Å². The lowest BCUT2D eigenvalue weighted by Gasteiger charge is -2.12. The van der Waals surface area contributed by atoms with Crippen LogP contribution in [0.5, 0.6) is 0 Å². The molecule has 0 saturated carbocycles. The molecule has 0 spiro atoms. The van der Waals surface area contributed by atoms with Crippen molar-refractivity contribution in [3.05, 3.63) is 55.9 Å². The monoisotopic (exact) mass is 343 g/mol. The smallest absolute Gasteiger partial charge is 0.267 e. The van der Waals surface area contributed by atoms with Crippen molar-refractivity contribution in [1.82, 2.24) is 9.55 Å². The topological polar surface area (TPSA) is 77.9 Å². The molecule has 0 fully saturated rings. The predicted molar refractivity (Wildman–Crippen MR) is 88.7 cm³/mol. The van der Waals surface area contributed by atoms with Crippen LogP contribution in [0.25, 0.3) is 15.9 Å². The number of carbonyl (C=O) groups is 1. The highest BCUT2D eigenvalue weighted by Gasteiger charge is 2.30. The fourth-order valence-electron chi connectivity index (χ4n) is 3.17. The van der Waals surface area contributed by atoms with Crippen LogP contribution in [0, 0.1) is 4.77 Å². The first kappa shape index (κ1) is 14.3. The predicted octanol–water partition coefficient (Wildman–Crippen LogP) is 1.89. The number of carbonyl (C=O) groups excluding carboxylic acids is 1. The Hall–Kier alpha value is -2.25. The molecule has 0 bridgehead atoms. The Bertz CT molecular complexity index is 1050. The van der Waals surface area contributed by atoms with Crippen molar-refractivity contribution < 1.29 is 9.90 Å². The molecule has 1 aromatic carbocycles. The van der Waals surface area contributed by atoms with Gasteiger partial charge in [0.25, 0.3) is 5.56 Å². The van der Waals surface area contributed by atoms with E-state index >= 15 is 0 Å². The summed E-state index contributed by atoms with van der Waals surface area (Å²) in [7, 11) is 0. The van der Waals surface area contributed by atoms with Gasteiger partial charge in [-0.15, -0.1) is 11.3 Å². The number of aryl methyl sites for hydroxylation is 1. The molecule has 1 aliphatic carbocycles. The number of fused-ring (bicyclic) bond motifs is 3. The molecular weight excluding hydrogens is 332 g/mol. The number of para-hydroxylation sites is 1. The van der Waals surface area contributed by atoms with E-state index in [0.29, 0.717) is 39.1 Å². The zero-order chi connectivity index (χ0) is 16.1. The summed E-state index contributed by atoms with van der Waals surface area (Å²) < 4.78 is 1.72. The van der Waals surface area contributed by atoms with E-state index in [2.05, 4.69) is 4.98 Å². The molecule has 5 nitrogen and oxygen atoms in total. The quantitative estimate of drug-likeness (QED) is 0.721. The lowest BCUT2D eigenvalue weighted by molar-refractivity contribution is -0.307. The summed E-state index contributed by atoms with van der Waals surface area (Å²) in [5.74, 6) is -1.85. The maximum absolute atomic E-state index is 13.0. The number of aromatic nitrogens is 2. The second-order valence-corrected chi connectivity index (χ2v) is 6.95. The molecule has 0 unspecified atom stereocenters. The first-order valence-corrected chi connectivity index (χ1v) is 8.37. The van der Waals surface area contributed by atoms with Gasteiger partial charge in [0.1, 0.15) is 4.83 Å². The number of aromatic amines is 1. The molecular formula is C16H11N2O3S2-. The van der Waals surface area contributed by atoms with Gasteiger partial charge in [0, 0.05) is 16.8 Å². The molecule has 1 N–H and O–H groups in total. The lowest BCUT2D eigenvalue weighted by atomic mass is 10.0. The van der Waals surface area contributed by atoms with Crippen molar-refractivity contribution in [2.45, 2.75) is 18.8 Å². The number of rotatable bonds is 2. The van der Waals surface area contributed by atoms with Crippen LogP contribution in [0.15, 0.2) is 35.1 Å². The maximum atomic E-state index is 13.0. The van der Waals surface area contributed by atoms with Crippen LogP contribution in [0.4, 0.5) is 0 Å². The zero-order valence-electron chi connectivity index (χ0n) is 11.9. The van der Waals surface area contributed by atoms with Gasteiger partial charge in [-0.05, 0) is 42.8 Å². The Kier molecular flexibility index (Phi) is 3.21. The Morgan fingerprint density at radius 1 is 1.35 bits per heavy atom. The Morgan fingerprint density at radius 3 is 2.78 bits per heavy atom. The molecule has 0 amide bonds. The van der Waals surface area contributed by atoms with Crippen molar-refractivity contribution in [3.63, 3.8) is 0 Å². The molecule has 0 aliphatic heterocycles. The van der Waals surface area contributed by atoms with Crippen molar-refractivity contribution in [2.75, 3.05) is 0 Å². The van der Waals surface area contributed by atoms with Gasteiger partial charge in [-0.1, -0.05) is 18.2 Å². The summed E-state index contributed by atoms with van der Waals surface area (Å²) in [6.45, 7) is 0. The van der Waals surface area contributed by atoms with Crippen molar-refractivity contribution in [1.29, 1.82) is 0 Å². The average Bonchev–Trinajstić information content (AvgIpc) is 3.06. The van der Waals surface area contributed by atoms with E-state index in [1.165, 1.54) is 15.9 Å². The van der Waals surface area contributed by atoms with Crippen LogP contribution in [0.1, 0.15) is 22.8 Å². The van der Waals surface area contributed by atoms with E-state index in [1.54, 1.807) is 12.1 Å². The number of H-pyrrole nitrogens is 1. The number of thiophene rings is 1. The minimum atomic E-state index is -1.13. The third-order valence-corrected chi connectivity index (χ3v) is 5.64. The number of nitrogens with zero attached hydrogens (tertiary/aromatic N) is 1. The van der Waals surface area contributed by atoms with Gasteiger partial charge in [-0.3, -0.25) is 9.36 Å².